The van der Waals surface area contributed by atoms with Crippen molar-refractivity contribution in [1.29, 1.82) is 10.5 Å². The second kappa shape index (κ2) is 14.5. The van der Waals surface area contributed by atoms with Gasteiger partial charge in [-0.1, -0.05) is 59.8 Å². The lowest BCUT2D eigenvalue weighted by Crippen LogP contribution is -2.38. The summed E-state index contributed by atoms with van der Waals surface area (Å²) < 4.78 is 5.19. The van der Waals surface area contributed by atoms with Crippen molar-refractivity contribution in [1.82, 2.24) is 9.97 Å². The minimum absolute atomic E-state index is 0.219. The molecule has 5 rings (SSSR count). The van der Waals surface area contributed by atoms with Gasteiger partial charge in [-0.2, -0.15) is 10.5 Å². The van der Waals surface area contributed by atoms with Crippen LogP contribution in [-0.2, 0) is 21.7 Å². The van der Waals surface area contributed by atoms with Crippen molar-refractivity contribution in [2.24, 2.45) is 5.73 Å². The van der Waals surface area contributed by atoms with Crippen LogP contribution in [0.4, 0.5) is 5.82 Å². The molecule has 2 aromatic heterocycles. The molecule has 0 unspecified atom stereocenters. The summed E-state index contributed by atoms with van der Waals surface area (Å²) in [6.07, 6.45) is 2.67. The summed E-state index contributed by atoms with van der Waals surface area (Å²) in [5.41, 5.74) is 10.5. The van der Waals surface area contributed by atoms with Crippen LogP contribution in [0.15, 0.2) is 58.9 Å². The van der Waals surface area contributed by atoms with E-state index in [-0.39, 0.29) is 18.9 Å². The van der Waals surface area contributed by atoms with E-state index in [1.807, 2.05) is 53.9 Å². The molecular formula is C32H29ClN6O2S2. The van der Waals surface area contributed by atoms with Crippen molar-refractivity contribution in [3.05, 3.63) is 81.3 Å². The van der Waals surface area contributed by atoms with Gasteiger partial charge in [0.25, 0.3) is 0 Å². The van der Waals surface area contributed by atoms with E-state index >= 15 is 0 Å². The first-order valence-corrected chi connectivity index (χ1v) is 16.2. The zero-order valence-electron chi connectivity index (χ0n) is 23.4. The van der Waals surface area contributed by atoms with Crippen LogP contribution in [0.2, 0.25) is 5.02 Å². The maximum Gasteiger partial charge on any atom is 0.307 e. The number of nitrogens with two attached hydrogens (primary N) is 1. The predicted octanol–water partition coefficient (Wildman–Crippen LogP) is 6.60. The minimum atomic E-state index is -0.285. The maximum absolute atomic E-state index is 11.5. The number of nitriles is 2. The van der Waals surface area contributed by atoms with Crippen molar-refractivity contribution in [3.8, 4) is 33.8 Å². The van der Waals surface area contributed by atoms with Gasteiger partial charge in [0.15, 0.2) is 0 Å². The highest BCUT2D eigenvalue weighted by molar-refractivity contribution is 7.98. The lowest BCUT2D eigenvalue weighted by atomic mass is 9.94. The number of nitrogens with zero attached hydrogens (tertiary/aromatic N) is 5. The molecule has 0 spiro atoms. The van der Waals surface area contributed by atoms with Crippen LogP contribution in [0.25, 0.3) is 21.7 Å². The number of halogens is 1. The van der Waals surface area contributed by atoms with Crippen molar-refractivity contribution < 1.29 is 9.53 Å². The van der Waals surface area contributed by atoms with Crippen LogP contribution < -0.4 is 10.6 Å². The van der Waals surface area contributed by atoms with E-state index in [4.69, 9.17) is 32.0 Å². The molecule has 0 amide bonds. The highest BCUT2D eigenvalue weighted by Gasteiger charge is 2.27. The molecule has 1 fully saturated rings. The molecule has 3 heterocycles. The van der Waals surface area contributed by atoms with E-state index < -0.39 is 0 Å². The Labute approximate surface area is 264 Å². The summed E-state index contributed by atoms with van der Waals surface area (Å²) in [4.78, 5) is 23.3. The largest absolute Gasteiger partial charge is 0.466 e. The molecule has 0 saturated carbocycles. The molecule has 0 bridgehead atoms. The number of anilines is 1. The van der Waals surface area contributed by atoms with Crippen LogP contribution in [0.3, 0.4) is 0 Å². The fraction of sp³-hybridized carbons (Fsp3) is 0.281. The summed E-state index contributed by atoms with van der Waals surface area (Å²) in [6.45, 7) is 2.26. The van der Waals surface area contributed by atoms with Gasteiger partial charge in [0.05, 0.1) is 24.3 Å². The Bertz CT molecular complexity index is 1670. The first kappa shape index (κ1) is 30.5. The molecule has 0 radical (unpaired) electrons. The molecule has 43 heavy (non-hydrogen) atoms. The van der Waals surface area contributed by atoms with Crippen molar-refractivity contribution in [2.75, 3.05) is 31.1 Å². The fourth-order valence-corrected chi connectivity index (χ4v) is 6.58. The van der Waals surface area contributed by atoms with Crippen LogP contribution >= 0.6 is 34.7 Å². The SMILES string of the molecule is N#Cc1c(SCc2csc(-c3ccc(Cl)cc3)n2)nc(N2CCC2)c(C#N)c1-c1ccc(CCCOC(=O)CCN)cc1. The lowest BCUT2D eigenvalue weighted by molar-refractivity contribution is -0.143. The van der Waals surface area contributed by atoms with E-state index in [1.54, 1.807) is 11.3 Å². The van der Waals surface area contributed by atoms with E-state index in [2.05, 4.69) is 17.0 Å². The summed E-state index contributed by atoms with van der Waals surface area (Å²) in [5.74, 6) is 0.867. The molecule has 0 atom stereocenters. The number of rotatable bonds is 12. The molecule has 2 N–H and O–H groups in total. The number of ether oxygens (including phenoxy) is 1. The van der Waals surface area contributed by atoms with Gasteiger partial charge >= 0.3 is 5.97 Å². The number of benzene rings is 2. The average molecular weight is 629 g/mol. The Morgan fingerprint density at radius 1 is 1.05 bits per heavy atom. The number of thioether (sulfide) groups is 1. The molecule has 2 aromatic carbocycles. The van der Waals surface area contributed by atoms with Crippen molar-refractivity contribution >= 4 is 46.5 Å². The zero-order chi connectivity index (χ0) is 30.2. The van der Waals surface area contributed by atoms with Gasteiger partial charge in [0.2, 0.25) is 0 Å². The Kier molecular flexibility index (Phi) is 10.3. The molecule has 11 heteroatoms. The van der Waals surface area contributed by atoms with E-state index in [0.717, 1.165) is 53.3 Å². The monoisotopic (exact) mass is 628 g/mol. The molecule has 8 nitrogen and oxygen atoms in total. The van der Waals surface area contributed by atoms with Crippen LogP contribution in [0.5, 0.6) is 0 Å². The lowest BCUT2D eigenvalue weighted by Gasteiger charge is -2.33. The molecule has 0 aliphatic carbocycles. The van der Waals surface area contributed by atoms with Crippen molar-refractivity contribution in [3.63, 3.8) is 0 Å². The first-order valence-electron chi connectivity index (χ1n) is 13.9. The second-order valence-electron chi connectivity index (χ2n) is 9.93. The van der Waals surface area contributed by atoms with Crippen molar-refractivity contribution in [2.45, 2.75) is 36.5 Å². The molecule has 4 aromatic rings. The third kappa shape index (κ3) is 7.35. The number of hydrogen-bond acceptors (Lipinski definition) is 10. The second-order valence-corrected chi connectivity index (χ2v) is 12.2. The molecule has 1 aliphatic rings. The van der Waals surface area contributed by atoms with Gasteiger partial charge in [-0.3, -0.25) is 4.79 Å². The number of carbonyl (C=O) groups is 1. The summed E-state index contributed by atoms with van der Waals surface area (Å²) in [5, 5.41) is 24.8. The number of pyridine rings is 1. The third-order valence-corrected chi connectivity index (χ3v) is 9.19. The number of thiazole rings is 1. The summed E-state index contributed by atoms with van der Waals surface area (Å²) in [6, 6.07) is 20.2. The summed E-state index contributed by atoms with van der Waals surface area (Å²) in [7, 11) is 0. The standard InChI is InChI=1S/C32H29ClN6O2S2/c33-24-10-8-23(9-11-24)31-37-25(19-42-31)20-43-32-27(18-36)29(26(17-35)30(38-32)39-14-2-15-39)22-6-4-21(5-7-22)3-1-16-41-28(40)12-13-34/h4-11,19H,1-3,12-16,20,34H2. The summed E-state index contributed by atoms with van der Waals surface area (Å²) >= 11 is 9.05. The Hall–Kier alpha value is -3.93. The molecule has 1 aliphatic heterocycles. The Morgan fingerprint density at radius 3 is 2.42 bits per heavy atom. The smallest absolute Gasteiger partial charge is 0.307 e. The Morgan fingerprint density at radius 2 is 1.77 bits per heavy atom. The van der Waals surface area contributed by atoms with Gasteiger partial charge < -0.3 is 15.4 Å². The molecule has 1 saturated heterocycles. The molecular weight excluding hydrogens is 600 g/mol. The maximum atomic E-state index is 11.5. The molecule has 218 valence electrons. The van der Waals surface area contributed by atoms with E-state index in [0.29, 0.717) is 51.3 Å². The third-order valence-electron chi connectivity index (χ3n) is 6.99. The quantitative estimate of drug-likeness (QED) is 0.105. The van der Waals surface area contributed by atoms with E-state index in [9.17, 15) is 15.3 Å². The average Bonchev–Trinajstić information content (AvgIpc) is 3.47. The van der Waals surface area contributed by atoms with Crippen LogP contribution in [0.1, 0.15) is 41.6 Å². The topological polar surface area (TPSA) is 129 Å². The van der Waals surface area contributed by atoms with Gasteiger partial charge in [0.1, 0.15) is 33.6 Å². The van der Waals surface area contributed by atoms with E-state index in [1.165, 1.54) is 11.8 Å². The number of hydrogen-bond donors (Lipinski definition) is 1. The number of aryl methyl sites for hydroxylation is 1. The fourth-order valence-electron chi connectivity index (χ4n) is 4.64. The van der Waals surface area contributed by atoms with Gasteiger partial charge in [-0.25, -0.2) is 9.97 Å². The number of carbonyl (C=O) groups excluding carboxylic acids is 1. The minimum Gasteiger partial charge on any atom is -0.466 e. The van der Waals surface area contributed by atoms with Gasteiger partial charge in [-0.05, 0) is 42.5 Å². The zero-order valence-corrected chi connectivity index (χ0v) is 25.8. The predicted molar refractivity (Wildman–Crippen MR) is 171 cm³/mol. The van der Waals surface area contributed by atoms with Gasteiger partial charge in [0, 0.05) is 46.9 Å². The number of esters is 1. The van der Waals surface area contributed by atoms with Crippen LogP contribution in [0, 0.1) is 22.7 Å². The highest BCUT2D eigenvalue weighted by Crippen LogP contribution is 2.40. The Balaban J connectivity index is 1.39. The highest BCUT2D eigenvalue weighted by atomic mass is 35.5. The van der Waals surface area contributed by atoms with Crippen LogP contribution in [-0.4, -0.2) is 42.2 Å². The first-order chi connectivity index (χ1) is 21.0. The normalized spacial score (nSPS) is 12.3. The number of aromatic nitrogens is 2. The van der Waals surface area contributed by atoms with Gasteiger partial charge in [-0.15, -0.1) is 11.3 Å².